The smallest absolute Gasteiger partial charge is 0.226 e. The highest BCUT2D eigenvalue weighted by Gasteiger charge is 2.24. The van der Waals surface area contributed by atoms with Gasteiger partial charge < -0.3 is 16.4 Å². The zero-order chi connectivity index (χ0) is 15.2. The topological polar surface area (TPSA) is 84.2 Å². The minimum Gasteiger partial charge on any atom is -0.397 e. The van der Waals surface area contributed by atoms with Crippen molar-refractivity contribution in [3.05, 3.63) is 24.3 Å². The number of carbonyl (C=O) groups excluding carboxylic acids is 2. The molecule has 1 fully saturated rings. The Morgan fingerprint density at radius 1 is 1.27 bits per heavy atom. The number of hydrogen-bond donors (Lipinski definition) is 3. The van der Waals surface area contributed by atoms with Crippen LogP contribution >= 0.6 is 12.4 Å². The summed E-state index contributed by atoms with van der Waals surface area (Å²) < 4.78 is 0. The van der Waals surface area contributed by atoms with Crippen LogP contribution in [0.5, 0.6) is 0 Å². The van der Waals surface area contributed by atoms with Gasteiger partial charge >= 0.3 is 0 Å². The first-order valence-corrected chi connectivity index (χ1v) is 7.51. The van der Waals surface area contributed by atoms with Crippen LogP contribution in [0, 0.1) is 5.92 Å². The lowest BCUT2D eigenvalue weighted by molar-refractivity contribution is -0.125. The standard InChI is InChI=1S/C16H23N3O2.ClH/c1-11(18-16(21)12-6-2-3-7-12)10-15(20)19-14-9-5-4-8-13(14)17;/h4-5,8-9,11-12H,2-3,6-7,10,17H2,1H3,(H,18,21)(H,19,20);1H. The fraction of sp³-hybridized carbons (Fsp3) is 0.500. The second-order valence-electron chi connectivity index (χ2n) is 5.73. The molecule has 1 aromatic carbocycles. The average Bonchev–Trinajstić information content (AvgIpc) is 2.95. The summed E-state index contributed by atoms with van der Waals surface area (Å²) >= 11 is 0. The predicted octanol–water partition coefficient (Wildman–Crippen LogP) is 2.71. The lowest BCUT2D eigenvalue weighted by Gasteiger charge is -2.17. The number of nitrogens with one attached hydrogen (secondary N) is 2. The summed E-state index contributed by atoms with van der Waals surface area (Å²) in [7, 11) is 0. The molecule has 1 aliphatic carbocycles. The molecule has 2 rings (SSSR count). The third-order valence-electron chi connectivity index (χ3n) is 3.84. The third-order valence-corrected chi connectivity index (χ3v) is 3.84. The van der Waals surface area contributed by atoms with Crippen LogP contribution in [0.1, 0.15) is 39.0 Å². The Bertz CT molecular complexity index is 516. The van der Waals surface area contributed by atoms with Gasteiger partial charge in [0.05, 0.1) is 11.4 Å². The van der Waals surface area contributed by atoms with E-state index in [4.69, 9.17) is 5.73 Å². The number of rotatable bonds is 5. The van der Waals surface area contributed by atoms with Gasteiger partial charge in [-0.25, -0.2) is 0 Å². The Morgan fingerprint density at radius 2 is 1.91 bits per heavy atom. The zero-order valence-corrected chi connectivity index (χ0v) is 13.6. The van der Waals surface area contributed by atoms with Crippen molar-refractivity contribution in [3.8, 4) is 0 Å². The number of nitrogen functional groups attached to an aromatic ring is 1. The van der Waals surface area contributed by atoms with Gasteiger partial charge in [-0.1, -0.05) is 25.0 Å². The summed E-state index contributed by atoms with van der Waals surface area (Å²) in [4.78, 5) is 23.9. The first kappa shape index (κ1) is 18.3. The predicted molar refractivity (Wildman–Crippen MR) is 90.9 cm³/mol. The normalized spacial score (nSPS) is 15.7. The van der Waals surface area contributed by atoms with Gasteiger partial charge in [0.1, 0.15) is 0 Å². The monoisotopic (exact) mass is 325 g/mol. The molecule has 1 aliphatic rings. The van der Waals surface area contributed by atoms with Crippen molar-refractivity contribution < 1.29 is 9.59 Å². The summed E-state index contributed by atoms with van der Waals surface area (Å²) in [6.45, 7) is 1.85. The molecule has 0 aromatic heterocycles. The van der Waals surface area contributed by atoms with E-state index in [-0.39, 0.29) is 42.6 Å². The van der Waals surface area contributed by atoms with Gasteiger partial charge in [-0.2, -0.15) is 0 Å². The average molecular weight is 326 g/mol. The van der Waals surface area contributed by atoms with E-state index in [0.29, 0.717) is 11.4 Å². The molecule has 1 aromatic rings. The molecule has 4 N–H and O–H groups in total. The summed E-state index contributed by atoms with van der Waals surface area (Å²) in [6, 6.07) is 6.95. The number of halogens is 1. The summed E-state index contributed by atoms with van der Waals surface area (Å²) in [5.74, 6) is 0.0550. The molecule has 0 heterocycles. The summed E-state index contributed by atoms with van der Waals surface area (Å²) in [5.41, 5.74) is 6.92. The molecule has 2 amide bonds. The van der Waals surface area contributed by atoms with Crippen molar-refractivity contribution in [1.82, 2.24) is 5.32 Å². The van der Waals surface area contributed by atoms with E-state index >= 15 is 0 Å². The van der Waals surface area contributed by atoms with Crippen LogP contribution in [0.4, 0.5) is 11.4 Å². The van der Waals surface area contributed by atoms with Crippen molar-refractivity contribution in [2.45, 2.75) is 45.1 Å². The molecular weight excluding hydrogens is 302 g/mol. The van der Waals surface area contributed by atoms with E-state index in [9.17, 15) is 9.59 Å². The Labute approximate surface area is 137 Å². The number of hydrogen-bond acceptors (Lipinski definition) is 3. The van der Waals surface area contributed by atoms with Crippen LogP contribution in [-0.2, 0) is 9.59 Å². The molecule has 22 heavy (non-hydrogen) atoms. The lowest BCUT2D eigenvalue weighted by Crippen LogP contribution is -2.38. The highest BCUT2D eigenvalue weighted by molar-refractivity contribution is 5.94. The Morgan fingerprint density at radius 3 is 2.55 bits per heavy atom. The van der Waals surface area contributed by atoms with Crippen molar-refractivity contribution in [1.29, 1.82) is 0 Å². The molecule has 6 heteroatoms. The Kier molecular flexibility index (Phi) is 7.18. The SMILES string of the molecule is CC(CC(=O)Nc1ccccc1N)NC(=O)C1CCCC1.Cl. The fourth-order valence-corrected chi connectivity index (χ4v) is 2.69. The molecule has 1 saturated carbocycles. The molecular formula is C16H24ClN3O2. The molecule has 0 bridgehead atoms. The van der Waals surface area contributed by atoms with E-state index in [2.05, 4.69) is 10.6 Å². The van der Waals surface area contributed by atoms with E-state index in [1.807, 2.05) is 19.1 Å². The minimum absolute atomic E-state index is 0. The van der Waals surface area contributed by atoms with Gasteiger partial charge in [0.25, 0.3) is 0 Å². The third kappa shape index (κ3) is 5.22. The van der Waals surface area contributed by atoms with Gasteiger partial charge in [0.2, 0.25) is 11.8 Å². The number of carbonyl (C=O) groups is 2. The highest BCUT2D eigenvalue weighted by Crippen LogP contribution is 2.24. The van der Waals surface area contributed by atoms with Crippen LogP contribution in [0.3, 0.4) is 0 Å². The van der Waals surface area contributed by atoms with Crippen molar-refractivity contribution >= 4 is 35.6 Å². The zero-order valence-electron chi connectivity index (χ0n) is 12.8. The van der Waals surface area contributed by atoms with Crippen LogP contribution in [-0.4, -0.2) is 17.9 Å². The number of nitrogens with two attached hydrogens (primary N) is 1. The quantitative estimate of drug-likeness (QED) is 0.728. The molecule has 0 spiro atoms. The number of para-hydroxylation sites is 2. The molecule has 0 saturated heterocycles. The molecule has 0 aliphatic heterocycles. The fourth-order valence-electron chi connectivity index (χ4n) is 2.69. The van der Waals surface area contributed by atoms with Gasteiger partial charge in [-0.05, 0) is 31.9 Å². The second-order valence-corrected chi connectivity index (χ2v) is 5.73. The van der Waals surface area contributed by atoms with Crippen molar-refractivity contribution in [2.24, 2.45) is 5.92 Å². The molecule has 1 unspecified atom stereocenters. The maximum atomic E-state index is 12.0. The Balaban J connectivity index is 0.00000242. The molecule has 5 nitrogen and oxygen atoms in total. The first-order valence-electron chi connectivity index (χ1n) is 7.51. The van der Waals surface area contributed by atoms with E-state index < -0.39 is 0 Å². The maximum Gasteiger partial charge on any atom is 0.226 e. The molecule has 122 valence electrons. The van der Waals surface area contributed by atoms with E-state index in [1.165, 1.54) is 0 Å². The first-order chi connectivity index (χ1) is 10.1. The summed E-state index contributed by atoms with van der Waals surface area (Å²) in [6.07, 6.45) is 4.42. The highest BCUT2D eigenvalue weighted by atomic mass is 35.5. The van der Waals surface area contributed by atoms with Gasteiger partial charge in [-0.3, -0.25) is 9.59 Å². The van der Waals surface area contributed by atoms with Crippen LogP contribution < -0.4 is 16.4 Å². The van der Waals surface area contributed by atoms with Crippen LogP contribution in [0.2, 0.25) is 0 Å². The maximum absolute atomic E-state index is 12.0. The minimum atomic E-state index is -0.178. The number of benzene rings is 1. The largest absolute Gasteiger partial charge is 0.397 e. The second kappa shape index (κ2) is 8.63. The van der Waals surface area contributed by atoms with Crippen LogP contribution in [0.15, 0.2) is 24.3 Å². The summed E-state index contributed by atoms with van der Waals surface area (Å²) in [5, 5.41) is 5.69. The lowest BCUT2D eigenvalue weighted by atomic mass is 10.1. The Hall–Kier alpha value is -1.75. The van der Waals surface area contributed by atoms with Crippen molar-refractivity contribution in [2.75, 3.05) is 11.1 Å². The van der Waals surface area contributed by atoms with E-state index in [1.54, 1.807) is 12.1 Å². The van der Waals surface area contributed by atoms with Crippen LogP contribution in [0.25, 0.3) is 0 Å². The molecule has 0 radical (unpaired) electrons. The molecule has 1 atom stereocenters. The van der Waals surface area contributed by atoms with Gasteiger partial charge in [0, 0.05) is 18.4 Å². The van der Waals surface area contributed by atoms with Gasteiger partial charge in [0.15, 0.2) is 0 Å². The van der Waals surface area contributed by atoms with Crippen molar-refractivity contribution in [3.63, 3.8) is 0 Å². The van der Waals surface area contributed by atoms with E-state index in [0.717, 1.165) is 25.7 Å². The number of amides is 2. The number of anilines is 2. The van der Waals surface area contributed by atoms with Gasteiger partial charge in [-0.15, -0.1) is 12.4 Å².